The average Bonchev–Trinajstić information content (AvgIpc) is 2.23. The quantitative estimate of drug-likeness (QED) is 0.438. The molecule has 0 spiro atoms. The lowest BCUT2D eigenvalue weighted by atomic mass is 10.0. The maximum atomic E-state index is 10.7. The molecule has 0 aliphatic rings. The van der Waals surface area contributed by atoms with Gasteiger partial charge in [0.2, 0.25) is 0 Å². The Hall–Kier alpha value is -0.790. The Kier molecular flexibility index (Phi) is 10.2. The molecule has 16 heavy (non-hydrogen) atoms. The minimum absolute atomic E-state index is 0.790. The fourth-order valence-corrected chi connectivity index (χ4v) is 1.82. The van der Waals surface area contributed by atoms with Crippen LogP contribution in [0.1, 0.15) is 71.6 Å². The second-order valence-corrected chi connectivity index (χ2v) is 4.41. The van der Waals surface area contributed by atoms with E-state index in [1.807, 2.05) is 0 Å². The lowest BCUT2D eigenvalue weighted by Gasteiger charge is -2.06. The molecular weight excluding hydrogens is 200 g/mol. The van der Waals surface area contributed by atoms with Gasteiger partial charge in [-0.25, -0.2) is 4.79 Å². The van der Waals surface area contributed by atoms with Crippen molar-refractivity contribution in [2.75, 3.05) is 0 Å². The van der Waals surface area contributed by atoms with Gasteiger partial charge in [0.05, 0.1) is 0 Å². The van der Waals surface area contributed by atoms with Crippen molar-refractivity contribution in [2.24, 2.45) is 0 Å². The Labute approximate surface area is 99.7 Å². The second-order valence-electron chi connectivity index (χ2n) is 4.41. The molecule has 0 bridgehead atoms. The summed E-state index contributed by atoms with van der Waals surface area (Å²) in [5.41, 5.74) is 1.12. The molecule has 0 aromatic heterocycles. The van der Waals surface area contributed by atoms with Crippen LogP contribution in [0.25, 0.3) is 0 Å². The van der Waals surface area contributed by atoms with Gasteiger partial charge in [-0.05, 0) is 25.7 Å². The molecule has 0 atom stereocenters. The molecule has 0 aliphatic heterocycles. The molecule has 0 radical (unpaired) electrons. The highest BCUT2D eigenvalue weighted by molar-refractivity contribution is 5.80. The molecule has 0 heterocycles. The van der Waals surface area contributed by atoms with E-state index in [1.54, 1.807) is 0 Å². The number of carbonyl (C=O) groups is 1. The molecule has 0 rings (SSSR count). The molecular formula is C14H26O2. The van der Waals surface area contributed by atoms with Crippen molar-refractivity contribution in [3.63, 3.8) is 0 Å². The van der Waals surface area contributed by atoms with E-state index >= 15 is 0 Å². The van der Waals surface area contributed by atoms with Gasteiger partial charge < -0.3 is 5.11 Å². The number of hydrogen-bond donors (Lipinski definition) is 1. The number of carboxylic acid groups (broad SMARTS) is 1. The third-order valence-electron chi connectivity index (χ3n) is 2.78. The Balaban J connectivity index is 3.87. The zero-order valence-corrected chi connectivity index (χ0v) is 10.8. The lowest BCUT2D eigenvalue weighted by molar-refractivity contribution is -0.131. The Morgan fingerprint density at radius 2 is 1.44 bits per heavy atom. The predicted octanol–water partition coefficient (Wildman–Crippen LogP) is 4.55. The highest BCUT2D eigenvalue weighted by atomic mass is 16.4. The van der Waals surface area contributed by atoms with Crippen molar-refractivity contribution < 1.29 is 9.90 Å². The second kappa shape index (κ2) is 10.7. The van der Waals surface area contributed by atoms with E-state index in [0.29, 0.717) is 0 Å². The molecule has 0 unspecified atom stereocenters. The first-order valence-electron chi connectivity index (χ1n) is 6.63. The Bertz CT molecular complexity index is 207. The van der Waals surface area contributed by atoms with Crippen LogP contribution in [0, 0.1) is 0 Å². The fraction of sp³-hybridized carbons (Fsp3) is 0.786. The van der Waals surface area contributed by atoms with Crippen molar-refractivity contribution in [1.82, 2.24) is 0 Å². The van der Waals surface area contributed by atoms with Gasteiger partial charge in [-0.1, -0.05) is 51.5 Å². The largest absolute Gasteiger partial charge is 0.478 e. The summed E-state index contributed by atoms with van der Waals surface area (Å²) in [4.78, 5) is 10.7. The molecule has 0 amide bonds. The SMILES string of the molecule is CCCCCC/C(=C/C(=O)O)CCCCC. The topological polar surface area (TPSA) is 37.3 Å². The summed E-state index contributed by atoms with van der Waals surface area (Å²) in [6.45, 7) is 4.36. The zero-order valence-electron chi connectivity index (χ0n) is 10.8. The van der Waals surface area contributed by atoms with Gasteiger partial charge in [-0.15, -0.1) is 0 Å². The van der Waals surface area contributed by atoms with E-state index in [2.05, 4.69) is 13.8 Å². The van der Waals surface area contributed by atoms with Gasteiger partial charge in [-0.3, -0.25) is 0 Å². The van der Waals surface area contributed by atoms with Gasteiger partial charge in [0.25, 0.3) is 0 Å². The Morgan fingerprint density at radius 3 is 1.94 bits per heavy atom. The molecule has 0 saturated heterocycles. The summed E-state index contributed by atoms with van der Waals surface area (Å²) in [5.74, 6) is -0.790. The Morgan fingerprint density at radius 1 is 0.938 bits per heavy atom. The smallest absolute Gasteiger partial charge is 0.328 e. The molecule has 0 saturated carbocycles. The van der Waals surface area contributed by atoms with E-state index in [0.717, 1.165) is 31.3 Å². The van der Waals surface area contributed by atoms with Crippen LogP contribution >= 0.6 is 0 Å². The normalized spacial score (nSPS) is 11.8. The summed E-state index contributed by atoms with van der Waals surface area (Å²) in [6, 6.07) is 0. The van der Waals surface area contributed by atoms with Gasteiger partial charge >= 0.3 is 5.97 Å². The van der Waals surface area contributed by atoms with Crippen molar-refractivity contribution in [2.45, 2.75) is 71.6 Å². The number of unbranched alkanes of at least 4 members (excludes halogenated alkanes) is 5. The maximum Gasteiger partial charge on any atom is 0.328 e. The van der Waals surface area contributed by atoms with Crippen LogP contribution in [0.4, 0.5) is 0 Å². The minimum Gasteiger partial charge on any atom is -0.478 e. The van der Waals surface area contributed by atoms with Crippen LogP contribution in [-0.2, 0) is 4.79 Å². The molecule has 0 aromatic rings. The highest BCUT2D eigenvalue weighted by Crippen LogP contribution is 2.16. The number of rotatable bonds is 10. The van der Waals surface area contributed by atoms with Crippen LogP contribution in [0.2, 0.25) is 0 Å². The van der Waals surface area contributed by atoms with Gasteiger partial charge in [0.15, 0.2) is 0 Å². The molecule has 1 N–H and O–H groups in total. The summed E-state index contributed by atoms with van der Waals surface area (Å²) >= 11 is 0. The molecule has 0 aliphatic carbocycles. The molecule has 2 nitrogen and oxygen atoms in total. The first kappa shape index (κ1) is 15.2. The first-order chi connectivity index (χ1) is 7.70. The highest BCUT2D eigenvalue weighted by Gasteiger charge is 2.01. The molecule has 0 fully saturated rings. The third-order valence-corrected chi connectivity index (χ3v) is 2.78. The van der Waals surface area contributed by atoms with Crippen LogP contribution in [0.15, 0.2) is 11.6 Å². The minimum atomic E-state index is -0.790. The van der Waals surface area contributed by atoms with Crippen LogP contribution < -0.4 is 0 Å². The summed E-state index contributed by atoms with van der Waals surface area (Å²) in [5, 5.41) is 8.77. The number of aliphatic carboxylic acids is 1. The molecule has 94 valence electrons. The van der Waals surface area contributed by atoms with E-state index in [4.69, 9.17) is 5.11 Å². The van der Waals surface area contributed by atoms with Crippen LogP contribution in [-0.4, -0.2) is 11.1 Å². The van der Waals surface area contributed by atoms with Crippen molar-refractivity contribution in [1.29, 1.82) is 0 Å². The number of allylic oxidation sites excluding steroid dienone is 1. The fourth-order valence-electron chi connectivity index (χ4n) is 1.82. The van der Waals surface area contributed by atoms with Crippen molar-refractivity contribution in [3.05, 3.63) is 11.6 Å². The predicted molar refractivity (Wildman–Crippen MR) is 68.6 cm³/mol. The standard InChI is InChI=1S/C14H26O2/c1-3-5-7-9-11-13(12-14(15)16)10-8-6-4-2/h12H,3-11H2,1-2H3,(H,15,16)/b13-12+. The monoisotopic (exact) mass is 226 g/mol. The van der Waals surface area contributed by atoms with Crippen molar-refractivity contribution in [3.8, 4) is 0 Å². The van der Waals surface area contributed by atoms with E-state index in [-0.39, 0.29) is 0 Å². The lowest BCUT2D eigenvalue weighted by Crippen LogP contribution is -1.94. The zero-order chi connectivity index (χ0) is 12.2. The summed E-state index contributed by atoms with van der Waals surface area (Å²) < 4.78 is 0. The van der Waals surface area contributed by atoms with Crippen molar-refractivity contribution >= 4 is 5.97 Å². The maximum absolute atomic E-state index is 10.7. The third kappa shape index (κ3) is 9.75. The van der Waals surface area contributed by atoms with Gasteiger partial charge in [-0.2, -0.15) is 0 Å². The van der Waals surface area contributed by atoms with Gasteiger partial charge in [0.1, 0.15) is 0 Å². The summed E-state index contributed by atoms with van der Waals surface area (Å²) in [7, 11) is 0. The van der Waals surface area contributed by atoms with Gasteiger partial charge in [0, 0.05) is 6.08 Å². The van der Waals surface area contributed by atoms with E-state index < -0.39 is 5.97 Å². The molecule has 2 heteroatoms. The molecule has 0 aromatic carbocycles. The summed E-state index contributed by atoms with van der Waals surface area (Å²) in [6.07, 6.45) is 11.7. The van der Waals surface area contributed by atoms with Crippen LogP contribution in [0.5, 0.6) is 0 Å². The first-order valence-corrected chi connectivity index (χ1v) is 6.63. The van der Waals surface area contributed by atoms with Crippen LogP contribution in [0.3, 0.4) is 0 Å². The average molecular weight is 226 g/mol. The van der Waals surface area contributed by atoms with E-state index in [9.17, 15) is 4.79 Å². The number of hydrogen-bond acceptors (Lipinski definition) is 1. The van der Waals surface area contributed by atoms with E-state index in [1.165, 1.54) is 38.2 Å². The number of carboxylic acids is 1.